The van der Waals surface area contributed by atoms with E-state index in [0.717, 1.165) is 11.3 Å². The van der Waals surface area contributed by atoms with E-state index in [4.69, 9.17) is 4.98 Å². The Hall–Kier alpha value is -3.40. The minimum absolute atomic E-state index is 0.212. The SMILES string of the molecule is Cc1ccc(S(=O)(=O)n2ccc3c(NC(C)C4CCC4)nc(Nc4cnn(C(C)C)c4)nc32)cc1. The first-order valence-electron chi connectivity index (χ1n) is 12.0. The monoisotopic (exact) mass is 493 g/mol. The first-order valence-corrected chi connectivity index (χ1v) is 13.5. The lowest BCUT2D eigenvalue weighted by atomic mass is 9.80. The van der Waals surface area contributed by atoms with Gasteiger partial charge in [-0.2, -0.15) is 15.1 Å². The van der Waals surface area contributed by atoms with Crippen molar-refractivity contribution in [2.45, 2.75) is 63.9 Å². The lowest BCUT2D eigenvalue weighted by Gasteiger charge is -2.32. The van der Waals surface area contributed by atoms with Crippen LogP contribution in [0.1, 0.15) is 51.6 Å². The van der Waals surface area contributed by atoms with Gasteiger partial charge in [0, 0.05) is 24.5 Å². The summed E-state index contributed by atoms with van der Waals surface area (Å²) in [6, 6.07) is 9.02. The first-order chi connectivity index (χ1) is 16.7. The Balaban J connectivity index is 1.59. The molecule has 1 saturated carbocycles. The van der Waals surface area contributed by atoms with Gasteiger partial charge in [-0.1, -0.05) is 24.1 Å². The highest BCUT2D eigenvalue weighted by Crippen LogP contribution is 2.33. The second kappa shape index (κ2) is 8.99. The van der Waals surface area contributed by atoms with Gasteiger partial charge in [0.15, 0.2) is 5.65 Å². The van der Waals surface area contributed by atoms with Crippen LogP contribution in [0, 0.1) is 12.8 Å². The van der Waals surface area contributed by atoms with Gasteiger partial charge in [-0.15, -0.1) is 0 Å². The maximum Gasteiger partial charge on any atom is 0.269 e. The number of nitrogens with zero attached hydrogens (tertiary/aromatic N) is 5. The predicted octanol–water partition coefficient (Wildman–Crippen LogP) is 5.10. The molecule has 0 bridgehead atoms. The van der Waals surface area contributed by atoms with Gasteiger partial charge in [0.2, 0.25) is 5.95 Å². The second-order valence-corrected chi connectivity index (χ2v) is 11.4. The molecule has 1 fully saturated rings. The third-order valence-electron chi connectivity index (χ3n) is 6.70. The van der Waals surface area contributed by atoms with E-state index in [1.54, 1.807) is 42.7 Å². The molecule has 2 N–H and O–H groups in total. The van der Waals surface area contributed by atoms with Gasteiger partial charge in [0.25, 0.3) is 10.0 Å². The first kappa shape index (κ1) is 23.3. The van der Waals surface area contributed by atoms with Crippen molar-refractivity contribution >= 4 is 38.5 Å². The van der Waals surface area contributed by atoms with Crippen molar-refractivity contribution in [2.75, 3.05) is 10.6 Å². The number of rotatable bonds is 8. The zero-order chi connectivity index (χ0) is 24.7. The summed E-state index contributed by atoms with van der Waals surface area (Å²) in [5.74, 6) is 1.51. The van der Waals surface area contributed by atoms with Crippen molar-refractivity contribution in [1.82, 2.24) is 23.7 Å². The van der Waals surface area contributed by atoms with Gasteiger partial charge in [0.05, 0.1) is 22.2 Å². The van der Waals surface area contributed by atoms with E-state index in [9.17, 15) is 8.42 Å². The summed E-state index contributed by atoms with van der Waals surface area (Å²) in [5.41, 5.74) is 2.05. The van der Waals surface area contributed by atoms with E-state index in [1.807, 2.05) is 31.6 Å². The molecule has 0 spiro atoms. The van der Waals surface area contributed by atoms with Crippen LogP contribution in [0.5, 0.6) is 0 Å². The summed E-state index contributed by atoms with van der Waals surface area (Å²) in [7, 11) is -3.84. The Labute approximate surface area is 205 Å². The van der Waals surface area contributed by atoms with E-state index in [1.165, 1.54) is 23.2 Å². The van der Waals surface area contributed by atoms with E-state index in [2.05, 4.69) is 27.6 Å². The Bertz CT molecular complexity index is 1450. The van der Waals surface area contributed by atoms with Crippen LogP contribution in [0.15, 0.2) is 53.8 Å². The molecule has 1 aliphatic carbocycles. The van der Waals surface area contributed by atoms with Gasteiger partial charge in [-0.25, -0.2) is 12.4 Å². The smallest absolute Gasteiger partial charge is 0.269 e. The molecule has 9 nitrogen and oxygen atoms in total. The normalized spacial score (nSPS) is 15.3. The minimum atomic E-state index is -3.84. The van der Waals surface area contributed by atoms with Gasteiger partial charge < -0.3 is 10.6 Å². The highest BCUT2D eigenvalue weighted by atomic mass is 32.2. The lowest BCUT2D eigenvalue weighted by molar-refractivity contribution is 0.285. The molecule has 0 saturated heterocycles. The van der Waals surface area contributed by atoms with Crippen LogP contribution in [-0.4, -0.2) is 38.2 Å². The number of hydrogen-bond donors (Lipinski definition) is 2. The van der Waals surface area contributed by atoms with Gasteiger partial charge in [-0.3, -0.25) is 4.68 Å². The number of anilines is 3. The van der Waals surface area contributed by atoms with Crippen molar-refractivity contribution in [3.05, 3.63) is 54.5 Å². The molecule has 5 rings (SSSR count). The van der Waals surface area contributed by atoms with Crippen molar-refractivity contribution in [1.29, 1.82) is 0 Å². The third-order valence-corrected chi connectivity index (χ3v) is 8.38. The fraction of sp³-hybridized carbons (Fsp3) is 0.400. The van der Waals surface area contributed by atoms with Crippen molar-refractivity contribution in [2.24, 2.45) is 5.92 Å². The zero-order valence-electron chi connectivity index (χ0n) is 20.4. The van der Waals surface area contributed by atoms with Crippen molar-refractivity contribution in [3.63, 3.8) is 0 Å². The molecule has 4 aromatic rings. The number of fused-ring (bicyclic) bond motifs is 1. The van der Waals surface area contributed by atoms with Crippen LogP contribution in [-0.2, 0) is 10.0 Å². The molecule has 35 heavy (non-hydrogen) atoms. The molecule has 1 unspecified atom stereocenters. The van der Waals surface area contributed by atoms with Gasteiger partial charge in [0.1, 0.15) is 5.82 Å². The fourth-order valence-electron chi connectivity index (χ4n) is 4.26. The average molecular weight is 494 g/mol. The molecule has 184 valence electrons. The van der Waals surface area contributed by atoms with Crippen LogP contribution in [0.2, 0.25) is 0 Å². The molecular formula is C25H31N7O2S. The summed E-state index contributed by atoms with van der Waals surface area (Å²) >= 11 is 0. The number of nitrogens with one attached hydrogen (secondary N) is 2. The number of benzene rings is 1. The highest BCUT2D eigenvalue weighted by molar-refractivity contribution is 7.90. The highest BCUT2D eigenvalue weighted by Gasteiger charge is 2.26. The Morgan fingerprint density at radius 2 is 1.80 bits per heavy atom. The molecule has 1 atom stereocenters. The summed E-state index contributed by atoms with van der Waals surface area (Å²) < 4.78 is 30.1. The summed E-state index contributed by atoms with van der Waals surface area (Å²) in [5, 5.41) is 11.8. The maximum absolute atomic E-state index is 13.5. The molecule has 0 amide bonds. The molecule has 3 heterocycles. The van der Waals surface area contributed by atoms with E-state index < -0.39 is 10.0 Å². The Kier molecular flexibility index (Phi) is 6.00. The molecule has 1 aliphatic rings. The van der Waals surface area contributed by atoms with E-state index >= 15 is 0 Å². The number of aromatic nitrogens is 5. The van der Waals surface area contributed by atoms with Crippen LogP contribution in [0.4, 0.5) is 17.5 Å². The van der Waals surface area contributed by atoms with Crippen molar-refractivity contribution in [3.8, 4) is 0 Å². The summed E-state index contributed by atoms with van der Waals surface area (Å²) in [6.07, 6.45) is 8.75. The Morgan fingerprint density at radius 3 is 2.43 bits per heavy atom. The van der Waals surface area contributed by atoms with Crippen LogP contribution < -0.4 is 10.6 Å². The lowest BCUT2D eigenvalue weighted by Crippen LogP contribution is -2.31. The maximum atomic E-state index is 13.5. The molecule has 10 heteroatoms. The quantitative estimate of drug-likeness (QED) is 0.352. The van der Waals surface area contributed by atoms with Crippen LogP contribution in [0.25, 0.3) is 11.0 Å². The van der Waals surface area contributed by atoms with Crippen molar-refractivity contribution < 1.29 is 8.42 Å². The third kappa shape index (κ3) is 4.50. The zero-order valence-corrected chi connectivity index (χ0v) is 21.2. The second-order valence-electron chi connectivity index (χ2n) is 9.61. The standard InChI is InChI=1S/C25H31N7O2S/c1-16(2)31-15-20(14-26-31)28-25-29-23(27-18(4)19-6-5-7-19)22-12-13-32(24(22)30-25)35(33,34)21-10-8-17(3)9-11-21/h8-16,18-19H,5-7H2,1-4H3,(H2,27,28,29,30). The summed E-state index contributed by atoms with van der Waals surface area (Å²) in [4.78, 5) is 9.57. The van der Waals surface area contributed by atoms with E-state index in [-0.39, 0.29) is 17.0 Å². The molecular weight excluding hydrogens is 462 g/mol. The van der Waals surface area contributed by atoms with E-state index in [0.29, 0.717) is 28.7 Å². The van der Waals surface area contributed by atoms with Gasteiger partial charge >= 0.3 is 0 Å². The minimum Gasteiger partial charge on any atom is -0.367 e. The number of hydrogen-bond acceptors (Lipinski definition) is 7. The Morgan fingerprint density at radius 1 is 1.06 bits per heavy atom. The predicted molar refractivity (Wildman–Crippen MR) is 138 cm³/mol. The fourth-order valence-corrected chi connectivity index (χ4v) is 5.56. The average Bonchev–Trinajstić information content (AvgIpc) is 3.40. The van der Waals surface area contributed by atoms with Crippen LogP contribution in [0.3, 0.4) is 0 Å². The van der Waals surface area contributed by atoms with Gasteiger partial charge in [-0.05, 0) is 64.7 Å². The number of aryl methyl sites for hydroxylation is 1. The topological polar surface area (TPSA) is 107 Å². The molecule has 0 aliphatic heterocycles. The molecule has 0 radical (unpaired) electrons. The summed E-state index contributed by atoms with van der Waals surface area (Å²) in [6.45, 7) is 8.17. The largest absolute Gasteiger partial charge is 0.367 e. The van der Waals surface area contributed by atoms with Crippen LogP contribution >= 0.6 is 0 Å². The molecule has 3 aromatic heterocycles. The molecule has 1 aromatic carbocycles.